The summed E-state index contributed by atoms with van der Waals surface area (Å²) in [4.78, 5) is 13.0. The van der Waals surface area contributed by atoms with Crippen molar-refractivity contribution in [1.82, 2.24) is 5.01 Å². The number of carbonyl (C=O) groups is 1. The number of hydrogen-bond donors (Lipinski definition) is 0. The van der Waals surface area contributed by atoms with Crippen molar-refractivity contribution in [2.24, 2.45) is 5.10 Å². The number of nitrogens with zero attached hydrogens (tertiary/aromatic N) is 2. The predicted octanol–water partition coefficient (Wildman–Crippen LogP) is 5.80. The van der Waals surface area contributed by atoms with Crippen molar-refractivity contribution in [3.05, 3.63) is 92.8 Å². The largest absolute Gasteiger partial charge is 0.467 e. The van der Waals surface area contributed by atoms with E-state index in [0.717, 1.165) is 26.0 Å². The lowest BCUT2D eigenvalue weighted by Crippen LogP contribution is -2.26. The van der Waals surface area contributed by atoms with E-state index in [4.69, 9.17) is 4.42 Å². The molecule has 0 saturated heterocycles. The lowest BCUT2D eigenvalue weighted by atomic mass is 10.0. The van der Waals surface area contributed by atoms with Gasteiger partial charge in [0, 0.05) is 20.9 Å². The standard InChI is InChI=1S/C20H14Br2N2O2/c21-15-7-3-13(4-8-15)17-12-18(19-2-1-11-26-19)24(23-17)20(25)14-5-9-16(22)10-6-14/h1-11,18H,12H2/t18-/m1/s1. The second kappa shape index (κ2) is 7.21. The maximum Gasteiger partial charge on any atom is 0.274 e. The van der Waals surface area contributed by atoms with Crippen LogP contribution in [-0.4, -0.2) is 16.6 Å². The van der Waals surface area contributed by atoms with E-state index in [2.05, 4.69) is 37.0 Å². The highest BCUT2D eigenvalue weighted by atomic mass is 79.9. The third-order valence-electron chi connectivity index (χ3n) is 4.26. The van der Waals surface area contributed by atoms with Crippen LogP contribution in [0.4, 0.5) is 0 Å². The zero-order chi connectivity index (χ0) is 18.1. The van der Waals surface area contributed by atoms with E-state index in [9.17, 15) is 4.79 Å². The Labute approximate surface area is 167 Å². The van der Waals surface area contributed by atoms with Gasteiger partial charge in [-0.05, 0) is 54.1 Å². The van der Waals surface area contributed by atoms with E-state index < -0.39 is 0 Å². The van der Waals surface area contributed by atoms with E-state index in [-0.39, 0.29) is 11.9 Å². The number of carbonyl (C=O) groups excluding carboxylic acids is 1. The van der Waals surface area contributed by atoms with Gasteiger partial charge in [-0.15, -0.1) is 0 Å². The third kappa shape index (κ3) is 3.39. The van der Waals surface area contributed by atoms with Crippen LogP contribution in [-0.2, 0) is 0 Å². The van der Waals surface area contributed by atoms with Gasteiger partial charge in [0.15, 0.2) is 0 Å². The minimum absolute atomic E-state index is 0.147. The second-order valence-corrected chi connectivity index (χ2v) is 7.78. The average Bonchev–Trinajstić information content (AvgIpc) is 3.32. The summed E-state index contributed by atoms with van der Waals surface area (Å²) < 4.78 is 7.51. The van der Waals surface area contributed by atoms with Crippen molar-refractivity contribution in [3.63, 3.8) is 0 Å². The van der Waals surface area contributed by atoms with Gasteiger partial charge in [0.1, 0.15) is 11.8 Å². The molecule has 0 N–H and O–H groups in total. The lowest BCUT2D eigenvalue weighted by Gasteiger charge is -2.19. The summed E-state index contributed by atoms with van der Waals surface area (Å²) in [6, 6.07) is 18.7. The zero-order valence-corrected chi connectivity index (χ0v) is 16.8. The maximum atomic E-state index is 13.0. The summed E-state index contributed by atoms with van der Waals surface area (Å²) in [6.45, 7) is 0. The van der Waals surface area contributed by atoms with Gasteiger partial charge in [-0.2, -0.15) is 5.10 Å². The molecule has 1 aliphatic heterocycles. The molecule has 2 heterocycles. The summed E-state index contributed by atoms with van der Waals surface area (Å²) in [7, 11) is 0. The Kier molecular flexibility index (Phi) is 4.78. The fourth-order valence-corrected chi connectivity index (χ4v) is 3.47. The molecule has 0 radical (unpaired) electrons. The van der Waals surface area contributed by atoms with Crippen molar-refractivity contribution in [2.75, 3.05) is 0 Å². The summed E-state index contributed by atoms with van der Waals surface area (Å²) in [5.74, 6) is 0.581. The molecule has 1 aliphatic rings. The van der Waals surface area contributed by atoms with Crippen LogP contribution in [0.2, 0.25) is 0 Å². The maximum absolute atomic E-state index is 13.0. The summed E-state index contributed by atoms with van der Waals surface area (Å²) in [5, 5.41) is 6.16. The minimum Gasteiger partial charge on any atom is -0.467 e. The first-order valence-corrected chi connectivity index (χ1v) is 9.66. The number of hydrogen-bond acceptors (Lipinski definition) is 3. The fourth-order valence-electron chi connectivity index (χ4n) is 2.94. The van der Waals surface area contributed by atoms with Crippen LogP contribution in [0.1, 0.15) is 34.1 Å². The van der Waals surface area contributed by atoms with Crippen molar-refractivity contribution in [1.29, 1.82) is 0 Å². The molecule has 0 unspecified atom stereocenters. The third-order valence-corrected chi connectivity index (χ3v) is 5.32. The van der Waals surface area contributed by atoms with Crippen molar-refractivity contribution < 1.29 is 9.21 Å². The molecule has 0 bridgehead atoms. The van der Waals surface area contributed by atoms with Crippen LogP contribution in [0.5, 0.6) is 0 Å². The highest BCUT2D eigenvalue weighted by Crippen LogP contribution is 2.34. The van der Waals surface area contributed by atoms with Gasteiger partial charge in [0.25, 0.3) is 5.91 Å². The van der Waals surface area contributed by atoms with Crippen LogP contribution < -0.4 is 0 Å². The first-order chi connectivity index (χ1) is 12.6. The van der Waals surface area contributed by atoms with Gasteiger partial charge >= 0.3 is 0 Å². The number of benzene rings is 2. The molecule has 4 nitrogen and oxygen atoms in total. The predicted molar refractivity (Wildman–Crippen MR) is 107 cm³/mol. The second-order valence-electron chi connectivity index (χ2n) is 5.95. The monoisotopic (exact) mass is 472 g/mol. The van der Waals surface area contributed by atoms with Crippen LogP contribution in [0.15, 0.2) is 85.4 Å². The summed E-state index contributed by atoms with van der Waals surface area (Å²) in [6.07, 6.45) is 2.23. The van der Waals surface area contributed by atoms with Gasteiger partial charge in [-0.25, -0.2) is 5.01 Å². The SMILES string of the molecule is O=C(c1ccc(Br)cc1)N1N=C(c2ccc(Br)cc2)C[C@@H]1c1ccco1. The lowest BCUT2D eigenvalue weighted by molar-refractivity contribution is 0.0693. The molecular formula is C20H14Br2N2O2. The van der Waals surface area contributed by atoms with Crippen LogP contribution in [0.25, 0.3) is 0 Å². The summed E-state index contributed by atoms with van der Waals surface area (Å²) in [5.41, 5.74) is 2.45. The number of halogens is 2. The van der Waals surface area contributed by atoms with Crippen LogP contribution >= 0.6 is 31.9 Å². The van der Waals surface area contributed by atoms with E-state index in [1.165, 1.54) is 5.01 Å². The summed E-state index contributed by atoms with van der Waals surface area (Å²) >= 11 is 6.84. The van der Waals surface area contributed by atoms with Gasteiger partial charge in [-0.3, -0.25) is 4.79 Å². The van der Waals surface area contributed by atoms with E-state index in [1.807, 2.05) is 48.5 Å². The van der Waals surface area contributed by atoms with Gasteiger partial charge in [0.2, 0.25) is 0 Å². The molecule has 1 aromatic heterocycles. The Morgan fingerprint density at radius 2 is 1.65 bits per heavy atom. The molecular weight excluding hydrogens is 460 g/mol. The highest BCUT2D eigenvalue weighted by Gasteiger charge is 2.35. The molecule has 130 valence electrons. The molecule has 0 aliphatic carbocycles. The molecule has 0 spiro atoms. The Morgan fingerprint density at radius 1 is 1.00 bits per heavy atom. The fraction of sp³-hybridized carbons (Fsp3) is 0.100. The Balaban J connectivity index is 1.70. The highest BCUT2D eigenvalue weighted by molar-refractivity contribution is 9.10. The van der Waals surface area contributed by atoms with E-state index in [0.29, 0.717) is 12.0 Å². The molecule has 3 aromatic rings. The van der Waals surface area contributed by atoms with Gasteiger partial charge in [-0.1, -0.05) is 44.0 Å². The molecule has 0 fully saturated rings. The average molecular weight is 474 g/mol. The number of furan rings is 1. The van der Waals surface area contributed by atoms with Crippen LogP contribution in [0.3, 0.4) is 0 Å². The first kappa shape index (κ1) is 17.2. The normalized spacial score (nSPS) is 16.6. The minimum atomic E-state index is -0.250. The topological polar surface area (TPSA) is 45.8 Å². The number of rotatable bonds is 3. The van der Waals surface area contributed by atoms with Gasteiger partial charge in [0.05, 0.1) is 12.0 Å². The molecule has 0 saturated carbocycles. The quantitative estimate of drug-likeness (QED) is 0.482. The number of amides is 1. The first-order valence-electron chi connectivity index (χ1n) is 8.08. The molecule has 6 heteroatoms. The Bertz CT molecular complexity index is 948. The van der Waals surface area contributed by atoms with Gasteiger partial charge < -0.3 is 4.42 Å². The zero-order valence-electron chi connectivity index (χ0n) is 13.6. The van der Waals surface area contributed by atoms with E-state index in [1.54, 1.807) is 18.4 Å². The Hall–Kier alpha value is -2.18. The smallest absolute Gasteiger partial charge is 0.274 e. The molecule has 2 aromatic carbocycles. The Morgan fingerprint density at radius 3 is 2.27 bits per heavy atom. The van der Waals surface area contributed by atoms with E-state index >= 15 is 0 Å². The van der Waals surface area contributed by atoms with Crippen molar-refractivity contribution >= 4 is 43.5 Å². The molecule has 26 heavy (non-hydrogen) atoms. The number of hydrazone groups is 1. The molecule has 4 rings (SSSR count). The molecule has 1 atom stereocenters. The van der Waals surface area contributed by atoms with Crippen LogP contribution in [0, 0.1) is 0 Å². The van der Waals surface area contributed by atoms with Crippen molar-refractivity contribution in [3.8, 4) is 0 Å². The molecule has 1 amide bonds. The van der Waals surface area contributed by atoms with Crippen molar-refractivity contribution in [2.45, 2.75) is 12.5 Å².